The van der Waals surface area contributed by atoms with Gasteiger partial charge in [0.2, 0.25) is 10.0 Å². The number of sulfonamides is 1. The smallest absolute Gasteiger partial charge is 0.338 e. The maximum atomic E-state index is 13.1. The van der Waals surface area contributed by atoms with Crippen molar-refractivity contribution in [3.05, 3.63) is 77.6 Å². The van der Waals surface area contributed by atoms with E-state index in [4.69, 9.17) is 0 Å². The number of carbonyl (C=O) groups is 1. The van der Waals surface area contributed by atoms with E-state index in [9.17, 15) is 26.4 Å². The van der Waals surface area contributed by atoms with Gasteiger partial charge < -0.3 is 4.90 Å². The zero-order chi connectivity index (χ0) is 24.5. The molecule has 1 N–H and O–H groups in total. The van der Waals surface area contributed by atoms with Crippen LogP contribution in [0, 0.1) is 6.92 Å². The molecule has 1 aromatic heterocycles. The monoisotopic (exact) mass is 492 g/mol. The number of amides is 1. The van der Waals surface area contributed by atoms with Crippen LogP contribution in [0.3, 0.4) is 0 Å². The number of nitrogens with zero attached hydrogens (tertiary/aromatic N) is 3. The fourth-order valence-corrected chi connectivity index (χ4v) is 5.28. The third-order valence-corrected chi connectivity index (χ3v) is 7.35. The summed E-state index contributed by atoms with van der Waals surface area (Å²) in [5.41, 5.74) is 0.130. The second-order valence-electron chi connectivity index (χ2n) is 8.10. The third kappa shape index (κ3) is 5.00. The number of hydrogen-bond acceptors (Lipinski definition) is 4. The van der Waals surface area contributed by atoms with Gasteiger partial charge in [0.1, 0.15) is 0 Å². The number of nitrogens with one attached hydrogen (secondary N) is 1. The lowest BCUT2D eigenvalue weighted by atomic mass is 10.1. The number of rotatable bonds is 5. The highest BCUT2D eigenvalue weighted by Gasteiger charge is 2.31. The molecule has 34 heavy (non-hydrogen) atoms. The van der Waals surface area contributed by atoms with Crippen molar-refractivity contribution in [3.8, 4) is 5.69 Å². The van der Waals surface area contributed by atoms with Crippen LogP contribution in [-0.2, 0) is 16.2 Å². The quantitative estimate of drug-likeness (QED) is 0.588. The average Bonchev–Trinajstić information content (AvgIpc) is 3.20. The fraction of sp³-hybridized carbons (Fsp3) is 0.304. The van der Waals surface area contributed by atoms with Crippen molar-refractivity contribution in [2.45, 2.75) is 36.9 Å². The zero-order valence-electron chi connectivity index (χ0n) is 18.3. The minimum absolute atomic E-state index is 0.186. The minimum atomic E-state index is -4.48. The molecule has 1 amide bonds. The Balaban J connectivity index is 1.43. The van der Waals surface area contributed by atoms with Gasteiger partial charge in [0.05, 0.1) is 33.6 Å². The van der Waals surface area contributed by atoms with Gasteiger partial charge >= 0.3 is 6.18 Å². The summed E-state index contributed by atoms with van der Waals surface area (Å²) in [5.74, 6) is -0.292. The predicted octanol–water partition coefficient (Wildman–Crippen LogP) is 3.78. The Labute approximate surface area is 195 Å². The fourth-order valence-electron chi connectivity index (χ4n) is 3.95. The summed E-state index contributed by atoms with van der Waals surface area (Å²) in [6.45, 7) is 2.31. The molecular formula is C23H23F3N4O3S. The first-order chi connectivity index (χ1) is 16.1. The molecular weight excluding hydrogens is 469 g/mol. The predicted molar refractivity (Wildman–Crippen MR) is 119 cm³/mol. The van der Waals surface area contributed by atoms with E-state index in [2.05, 4.69) is 9.82 Å². The first-order valence-electron chi connectivity index (χ1n) is 10.7. The maximum Gasteiger partial charge on any atom is 0.416 e. The van der Waals surface area contributed by atoms with E-state index in [-0.39, 0.29) is 22.5 Å². The van der Waals surface area contributed by atoms with E-state index < -0.39 is 21.8 Å². The van der Waals surface area contributed by atoms with Crippen LogP contribution in [-0.4, -0.2) is 48.1 Å². The molecule has 180 valence electrons. The van der Waals surface area contributed by atoms with Crippen molar-refractivity contribution in [2.24, 2.45) is 0 Å². The second kappa shape index (κ2) is 9.22. The summed E-state index contributed by atoms with van der Waals surface area (Å²) in [6, 6.07) is 12.5. The van der Waals surface area contributed by atoms with Crippen molar-refractivity contribution >= 4 is 15.9 Å². The van der Waals surface area contributed by atoms with Crippen molar-refractivity contribution in [2.75, 3.05) is 13.1 Å². The van der Waals surface area contributed by atoms with E-state index in [1.165, 1.54) is 35.1 Å². The Morgan fingerprint density at radius 3 is 2.38 bits per heavy atom. The van der Waals surface area contributed by atoms with E-state index >= 15 is 0 Å². The van der Waals surface area contributed by atoms with Gasteiger partial charge in [-0.25, -0.2) is 17.8 Å². The van der Waals surface area contributed by atoms with Crippen LogP contribution in [0.5, 0.6) is 0 Å². The number of carbonyl (C=O) groups excluding carboxylic acids is 1. The lowest BCUT2D eigenvalue weighted by Crippen LogP contribution is -2.46. The van der Waals surface area contributed by atoms with Crippen LogP contribution in [0.1, 0.15) is 34.5 Å². The van der Waals surface area contributed by atoms with Crippen molar-refractivity contribution in [1.82, 2.24) is 19.4 Å². The Morgan fingerprint density at radius 2 is 1.74 bits per heavy atom. The van der Waals surface area contributed by atoms with Gasteiger partial charge in [-0.15, -0.1) is 0 Å². The summed E-state index contributed by atoms with van der Waals surface area (Å²) in [6.07, 6.45) is -2.25. The summed E-state index contributed by atoms with van der Waals surface area (Å²) >= 11 is 0. The van der Waals surface area contributed by atoms with E-state index in [0.717, 1.165) is 12.1 Å². The molecule has 1 saturated heterocycles. The van der Waals surface area contributed by atoms with Gasteiger partial charge in [0.15, 0.2) is 0 Å². The number of aromatic nitrogens is 2. The molecule has 1 aliphatic rings. The first kappa shape index (κ1) is 24.0. The Morgan fingerprint density at radius 1 is 1.06 bits per heavy atom. The molecule has 1 fully saturated rings. The number of hydrogen-bond donors (Lipinski definition) is 1. The number of likely N-dealkylation sites (tertiary alicyclic amines) is 1. The summed E-state index contributed by atoms with van der Waals surface area (Å²) in [4.78, 5) is 14.8. The van der Waals surface area contributed by atoms with Gasteiger partial charge in [-0.1, -0.05) is 24.3 Å². The Hall–Kier alpha value is -3.18. The van der Waals surface area contributed by atoms with Crippen LogP contribution in [0.2, 0.25) is 0 Å². The van der Waals surface area contributed by atoms with Gasteiger partial charge in [-0.05, 0) is 50.1 Å². The number of halogens is 3. The summed E-state index contributed by atoms with van der Waals surface area (Å²) < 4.78 is 68.2. The summed E-state index contributed by atoms with van der Waals surface area (Å²) in [7, 11) is -3.64. The van der Waals surface area contributed by atoms with Gasteiger partial charge in [0.25, 0.3) is 5.91 Å². The van der Waals surface area contributed by atoms with E-state index in [1.807, 2.05) is 0 Å². The highest BCUT2D eigenvalue weighted by atomic mass is 32.2. The SMILES string of the molecule is Cc1c(C(=O)N2CCC(NS(=O)(=O)c3ccccc3)CC2)cnn1-c1cccc(C(F)(F)F)c1. The third-order valence-electron chi connectivity index (χ3n) is 5.82. The van der Waals surface area contributed by atoms with Crippen molar-refractivity contribution in [1.29, 1.82) is 0 Å². The van der Waals surface area contributed by atoms with Crippen LogP contribution in [0.15, 0.2) is 65.7 Å². The number of piperidine rings is 1. The van der Waals surface area contributed by atoms with Crippen molar-refractivity contribution in [3.63, 3.8) is 0 Å². The van der Waals surface area contributed by atoms with Crippen LogP contribution < -0.4 is 4.72 Å². The molecule has 0 radical (unpaired) electrons. The molecule has 0 saturated carbocycles. The molecule has 2 heterocycles. The van der Waals surface area contributed by atoms with Crippen LogP contribution in [0.25, 0.3) is 5.69 Å². The highest BCUT2D eigenvalue weighted by molar-refractivity contribution is 7.89. The Kier molecular flexibility index (Phi) is 6.50. The molecule has 0 atom stereocenters. The van der Waals surface area contributed by atoms with Crippen LogP contribution in [0.4, 0.5) is 13.2 Å². The van der Waals surface area contributed by atoms with Gasteiger partial charge in [0, 0.05) is 19.1 Å². The molecule has 3 aromatic rings. The standard InChI is InChI=1S/C23H23F3N4O3S/c1-16-21(15-27-30(16)19-7-5-6-17(14-19)23(24,25)26)22(31)29-12-10-18(11-13-29)28-34(32,33)20-8-3-2-4-9-20/h2-9,14-15,18,28H,10-13H2,1H3. The lowest BCUT2D eigenvalue weighted by molar-refractivity contribution is -0.137. The van der Waals surface area contributed by atoms with E-state index in [1.54, 1.807) is 30.0 Å². The minimum Gasteiger partial charge on any atom is -0.338 e. The summed E-state index contributed by atoms with van der Waals surface area (Å²) in [5, 5.41) is 4.13. The highest BCUT2D eigenvalue weighted by Crippen LogP contribution is 2.30. The molecule has 0 spiro atoms. The molecule has 4 rings (SSSR count). The number of alkyl halides is 3. The molecule has 0 unspecified atom stereocenters. The van der Waals surface area contributed by atoms with Gasteiger partial charge in [-0.2, -0.15) is 18.3 Å². The normalized spacial score (nSPS) is 15.5. The molecule has 2 aromatic carbocycles. The topological polar surface area (TPSA) is 84.3 Å². The molecule has 0 aliphatic carbocycles. The number of benzene rings is 2. The average molecular weight is 493 g/mol. The van der Waals surface area contributed by atoms with Gasteiger partial charge in [-0.3, -0.25) is 4.79 Å². The van der Waals surface area contributed by atoms with Crippen molar-refractivity contribution < 1.29 is 26.4 Å². The zero-order valence-corrected chi connectivity index (χ0v) is 19.1. The van der Waals surface area contributed by atoms with Crippen LogP contribution >= 0.6 is 0 Å². The molecule has 11 heteroatoms. The maximum absolute atomic E-state index is 13.1. The molecule has 7 nitrogen and oxygen atoms in total. The largest absolute Gasteiger partial charge is 0.416 e. The second-order valence-corrected chi connectivity index (χ2v) is 9.82. The molecule has 0 bridgehead atoms. The Bertz CT molecular complexity index is 1280. The van der Waals surface area contributed by atoms with E-state index in [0.29, 0.717) is 37.2 Å². The molecule has 1 aliphatic heterocycles. The lowest BCUT2D eigenvalue weighted by Gasteiger charge is -2.32. The first-order valence-corrected chi connectivity index (χ1v) is 12.1.